The van der Waals surface area contributed by atoms with Crippen LogP contribution in [0, 0.1) is 10.1 Å². The molecule has 144 valence electrons. The van der Waals surface area contributed by atoms with E-state index >= 15 is 0 Å². The van der Waals surface area contributed by atoms with Crippen LogP contribution in [-0.4, -0.2) is 60.3 Å². The number of rotatable bonds is 11. The molecule has 1 aromatic rings. The molecule has 0 fully saturated rings. The second-order valence-electron chi connectivity index (χ2n) is 5.76. The fourth-order valence-electron chi connectivity index (χ4n) is 2.15. The number of nitrogens with zero attached hydrogens (tertiary/aromatic N) is 3. The van der Waals surface area contributed by atoms with Crippen LogP contribution in [0.3, 0.4) is 0 Å². The van der Waals surface area contributed by atoms with E-state index < -0.39 is 11.0 Å². The number of aliphatic imine (C=N–C) groups is 1. The summed E-state index contributed by atoms with van der Waals surface area (Å²) in [7, 11) is 1.95. The highest BCUT2D eigenvalue weighted by atomic mass is 16.6. The van der Waals surface area contributed by atoms with Crippen molar-refractivity contribution in [3.05, 3.63) is 47.0 Å². The van der Waals surface area contributed by atoms with Gasteiger partial charge in [-0.3, -0.25) is 15.1 Å². The topological polar surface area (TPSA) is 100 Å². The number of hydrogen-bond donors (Lipinski definition) is 2. The molecule has 1 unspecified atom stereocenters. The number of ether oxygens (including phenoxy) is 1. The molecule has 26 heavy (non-hydrogen) atoms. The van der Waals surface area contributed by atoms with Crippen LogP contribution in [0.15, 0.2) is 41.9 Å². The van der Waals surface area contributed by atoms with Crippen LogP contribution in [0.4, 0.5) is 5.69 Å². The van der Waals surface area contributed by atoms with Gasteiger partial charge >= 0.3 is 0 Å². The lowest BCUT2D eigenvalue weighted by Gasteiger charge is -2.22. The van der Waals surface area contributed by atoms with E-state index in [0.717, 1.165) is 31.9 Å². The van der Waals surface area contributed by atoms with Gasteiger partial charge in [-0.05, 0) is 31.9 Å². The summed E-state index contributed by atoms with van der Waals surface area (Å²) in [4.78, 5) is 16.6. The maximum absolute atomic E-state index is 10.6. The third kappa shape index (κ3) is 7.98. The fourth-order valence-corrected chi connectivity index (χ4v) is 2.15. The number of non-ortho nitro benzene ring substituents is 1. The standard InChI is InChI=1S/C18H28N4O4/c1-4-6-7-12-21(3)18(19-5-2)20-13-16(23)14-26-17-10-8-15(9-11-17)22(24)25/h4,8-11,16,23H,1,5-7,12-14H2,2-3H3,(H,19,20). The summed E-state index contributed by atoms with van der Waals surface area (Å²) in [5.41, 5.74) is -0.00253. The molecular weight excluding hydrogens is 336 g/mol. The summed E-state index contributed by atoms with van der Waals surface area (Å²) in [5.74, 6) is 1.19. The average Bonchev–Trinajstić information content (AvgIpc) is 2.63. The van der Waals surface area contributed by atoms with E-state index in [4.69, 9.17) is 4.74 Å². The van der Waals surface area contributed by atoms with Crippen LogP contribution < -0.4 is 10.1 Å². The third-order valence-electron chi connectivity index (χ3n) is 3.54. The van der Waals surface area contributed by atoms with Gasteiger partial charge in [0.05, 0.1) is 11.5 Å². The zero-order chi connectivity index (χ0) is 19.4. The van der Waals surface area contributed by atoms with E-state index in [9.17, 15) is 15.2 Å². The fraction of sp³-hybridized carbons (Fsp3) is 0.500. The zero-order valence-electron chi connectivity index (χ0n) is 15.4. The van der Waals surface area contributed by atoms with Gasteiger partial charge in [0.25, 0.3) is 5.69 Å². The Bertz CT molecular complexity index is 589. The van der Waals surface area contributed by atoms with E-state index in [2.05, 4.69) is 16.9 Å². The van der Waals surface area contributed by atoms with Gasteiger partial charge in [-0.2, -0.15) is 0 Å². The van der Waals surface area contributed by atoms with Gasteiger partial charge in [0, 0.05) is 32.3 Å². The van der Waals surface area contributed by atoms with E-state index in [0.29, 0.717) is 5.75 Å². The van der Waals surface area contributed by atoms with Crippen molar-refractivity contribution in [1.29, 1.82) is 0 Å². The first-order valence-corrected chi connectivity index (χ1v) is 8.63. The molecule has 0 bridgehead atoms. The Hall–Kier alpha value is -2.61. The molecule has 0 saturated carbocycles. The SMILES string of the molecule is C=CCCCN(C)C(=NCC(O)COc1ccc([N+](=O)[O-])cc1)NCC. The van der Waals surface area contributed by atoms with Gasteiger partial charge in [0.1, 0.15) is 18.5 Å². The van der Waals surface area contributed by atoms with Crippen molar-refractivity contribution in [2.75, 3.05) is 33.3 Å². The van der Waals surface area contributed by atoms with Crippen molar-refractivity contribution in [1.82, 2.24) is 10.2 Å². The number of nitro groups is 1. The summed E-state index contributed by atoms with van der Waals surface area (Å²) < 4.78 is 5.45. The lowest BCUT2D eigenvalue weighted by Crippen LogP contribution is -2.40. The molecule has 0 aromatic heterocycles. The second-order valence-corrected chi connectivity index (χ2v) is 5.76. The zero-order valence-corrected chi connectivity index (χ0v) is 15.4. The predicted octanol–water partition coefficient (Wildman–Crippen LogP) is 2.20. The number of hydrogen-bond acceptors (Lipinski definition) is 5. The highest BCUT2D eigenvalue weighted by Crippen LogP contribution is 2.17. The van der Waals surface area contributed by atoms with Gasteiger partial charge in [-0.25, -0.2) is 0 Å². The Morgan fingerprint density at radius 3 is 2.77 bits per heavy atom. The van der Waals surface area contributed by atoms with Crippen LogP contribution in [0.5, 0.6) is 5.75 Å². The van der Waals surface area contributed by atoms with E-state index in [-0.39, 0.29) is 18.8 Å². The summed E-state index contributed by atoms with van der Waals surface area (Å²) >= 11 is 0. The lowest BCUT2D eigenvalue weighted by molar-refractivity contribution is -0.384. The van der Waals surface area contributed by atoms with Gasteiger partial charge in [0.15, 0.2) is 5.96 Å². The minimum atomic E-state index is -0.777. The monoisotopic (exact) mass is 364 g/mol. The van der Waals surface area contributed by atoms with Gasteiger partial charge in [0.2, 0.25) is 0 Å². The molecule has 1 rings (SSSR count). The van der Waals surface area contributed by atoms with Gasteiger partial charge in [-0.1, -0.05) is 6.08 Å². The first-order valence-electron chi connectivity index (χ1n) is 8.63. The number of nitrogens with one attached hydrogen (secondary N) is 1. The first-order chi connectivity index (χ1) is 12.5. The molecule has 0 aliphatic rings. The largest absolute Gasteiger partial charge is 0.491 e. The smallest absolute Gasteiger partial charge is 0.269 e. The van der Waals surface area contributed by atoms with Crippen LogP contribution in [0.1, 0.15) is 19.8 Å². The Morgan fingerprint density at radius 1 is 1.50 bits per heavy atom. The molecule has 0 heterocycles. The number of aliphatic hydroxyl groups is 1. The summed E-state index contributed by atoms with van der Waals surface area (Å²) in [6, 6.07) is 5.74. The normalized spacial score (nSPS) is 12.3. The maximum Gasteiger partial charge on any atom is 0.269 e. The lowest BCUT2D eigenvalue weighted by atomic mass is 10.3. The van der Waals surface area contributed by atoms with Crippen LogP contribution in [0.2, 0.25) is 0 Å². The number of guanidine groups is 1. The predicted molar refractivity (Wildman–Crippen MR) is 103 cm³/mol. The molecule has 8 heteroatoms. The number of allylic oxidation sites excluding steroid dienone is 1. The number of benzene rings is 1. The Balaban J connectivity index is 2.49. The average molecular weight is 364 g/mol. The summed E-state index contributed by atoms with van der Waals surface area (Å²) in [6.45, 7) is 7.53. The molecule has 1 aromatic carbocycles. The first kappa shape index (κ1) is 21.4. The summed E-state index contributed by atoms with van der Waals surface area (Å²) in [5, 5.41) is 23.9. The van der Waals surface area contributed by atoms with Crippen molar-refractivity contribution < 1.29 is 14.8 Å². The van der Waals surface area contributed by atoms with Crippen molar-refractivity contribution in [3.8, 4) is 5.75 Å². The third-order valence-corrected chi connectivity index (χ3v) is 3.54. The maximum atomic E-state index is 10.6. The van der Waals surface area contributed by atoms with Crippen molar-refractivity contribution in [3.63, 3.8) is 0 Å². The quantitative estimate of drug-likeness (QED) is 0.156. The highest BCUT2D eigenvalue weighted by molar-refractivity contribution is 5.79. The molecule has 2 N–H and O–H groups in total. The molecular formula is C18H28N4O4. The molecule has 8 nitrogen and oxygen atoms in total. The van der Waals surface area contributed by atoms with Gasteiger partial charge in [-0.15, -0.1) is 6.58 Å². The van der Waals surface area contributed by atoms with E-state index in [1.807, 2.05) is 24.9 Å². The van der Waals surface area contributed by atoms with Crippen molar-refractivity contribution in [2.45, 2.75) is 25.9 Å². The molecule has 1 atom stereocenters. The van der Waals surface area contributed by atoms with Crippen molar-refractivity contribution >= 4 is 11.6 Å². The molecule has 0 radical (unpaired) electrons. The number of nitro benzene ring substituents is 1. The van der Waals surface area contributed by atoms with Crippen LogP contribution in [0.25, 0.3) is 0 Å². The van der Waals surface area contributed by atoms with Crippen molar-refractivity contribution in [2.24, 2.45) is 4.99 Å². The highest BCUT2D eigenvalue weighted by Gasteiger charge is 2.10. The molecule has 0 amide bonds. The Morgan fingerprint density at radius 2 is 2.19 bits per heavy atom. The van der Waals surface area contributed by atoms with Crippen LogP contribution in [-0.2, 0) is 0 Å². The van der Waals surface area contributed by atoms with E-state index in [1.165, 1.54) is 24.3 Å². The minimum absolute atomic E-state index is 0.00253. The van der Waals surface area contributed by atoms with E-state index in [1.54, 1.807) is 0 Å². The van der Waals surface area contributed by atoms with Gasteiger partial charge < -0.3 is 20.1 Å². The minimum Gasteiger partial charge on any atom is -0.491 e. The number of unbranched alkanes of at least 4 members (excludes halogenated alkanes) is 1. The summed E-state index contributed by atoms with van der Waals surface area (Å²) in [6.07, 6.45) is 3.03. The Labute approximate surface area is 154 Å². The molecule has 0 aliphatic heterocycles. The Kier molecular flexibility index (Phi) is 9.78. The molecule has 0 aliphatic carbocycles. The number of aliphatic hydroxyl groups excluding tert-OH is 1. The second kappa shape index (κ2) is 11.9. The molecule has 0 saturated heterocycles. The van der Waals surface area contributed by atoms with Crippen LogP contribution >= 0.6 is 0 Å². The molecule has 0 spiro atoms.